The molecule has 390 valence electrons. The molecule has 0 heterocycles. The van der Waals surface area contributed by atoms with Gasteiger partial charge >= 0.3 is 7.82 Å². The summed E-state index contributed by atoms with van der Waals surface area (Å²) in [4.78, 5) is 23.3. The number of quaternary nitrogens is 1. The third kappa shape index (κ3) is 51.2. The highest BCUT2D eigenvalue weighted by Gasteiger charge is 2.28. The van der Waals surface area contributed by atoms with Crippen LogP contribution in [0.2, 0.25) is 0 Å². The van der Waals surface area contributed by atoms with Gasteiger partial charge in [0.1, 0.15) is 13.2 Å². The minimum absolute atomic E-state index is 0.0791. The second-order valence-corrected chi connectivity index (χ2v) is 22.8. The summed E-state index contributed by atoms with van der Waals surface area (Å²) in [7, 11) is 1.64. The molecule has 9 heteroatoms. The lowest BCUT2D eigenvalue weighted by Crippen LogP contribution is -2.46. The summed E-state index contributed by atoms with van der Waals surface area (Å²) < 4.78 is 23.8. The molecule has 0 aromatic carbocycles. The Morgan fingerprint density at radius 2 is 0.738 bits per heavy atom. The van der Waals surface area contributed by atoms with Gasteiger partial charge in [-0.3, -0.25) is 13.8 Å². The van der Waals surface area contributed by atoms with E-state index in [1.165, 1.54) is 238 Å². The Bertz CT molecular complexity index is 1030. The molecular weight excluding hydrogens is 828 g/mol. The lowest BCUT2D eigenvalue weighted by Gasteiger charge is -2.26. The summed E-state index contributed by atoms with van der Waals surface area (Å²) >= 11 is 0. The number of nitrogens with one attached hydrogen (secondary N) is 1. The Balaban J connectivity index is 4.12. The Morgan fingerprint density at radius 3 is 1.03 bits per heavy atom. The fourth-order valence-electron chi connectivity index (χ4n) is 9.05. The first-order valence-electron chi connectivity index (χ1n) is 28.9. The molecule has 0 aliphatic heterocycles. The van der Waals surface area contributed by atoms with Crippen LogP contribution in [-0.4, -0.2) is 73.4 Å². The van der Waals surface area contributed by atoms with Crippen molar-refractivity contribution in [1.29, 1.82) is 0 Å². The Kier molecular flexibility index (Phi) is 48.1. The minimum Gasteiger partial charge on any atom is -0.391 e. The van der Waals surface area contributed by atoms with Crippen LogP contribution in [0.4, 0.5) is 0 Å². The molecule has 1 amide bonds. The molecular formula is C56H116N2O6P+. The number of nitrogens with zero attached hydrogens (tertiary/aromatic N) is 1. The van der Waals surface area contributed by atoms with Crippen LogP contribution >= 0.6 is 7.82 Å². The number of phosphoric ester groups is 1. The van der Waals surface area contributed by atoms with Crippen LogP contribution < -0.4 is 5.32 Å². The lowest BCUT2D eigenvalue weighted by atomic mass is 10.0. The average molecular weight is 945 g/mol. The van der Waals surface area contributed by atoms with Crippen molar-refractivity contribution in [2.75, 3.05) is 40.9 Å². The third-order valence-electron chi connectivity index (χ3n) is 13.6. The van der Waals surface area contributed by atoms with Crippen molar-refractivity contribution < 1.29 is 32.9 Å². The Hall–Kier alpha value is -0.500. The second kappa shape index (κ2) is 48.5. The first-order chi connectivity index (χ1) is 31.5. The van der Waals surface area contributed by atoms with Crippen LogP contribution in [0.3, 0.4) is 0 Å². The fraction of sp³-hybridized carbons (Fsp3) is 0.982. The maximum absolute atomic E-state index is 13.0. The van der Waals surface area contributed by atoms with Crippen LogP contribution in [0.1, 0.15) is 303 Å². The number of hydrogen-bond acceptors (Lipinski definition) is 5. The number of aliphatic hydroxyl groups is 1. The van der Waals surface area contributed by atoms with E-state index in [0.717, 1.165) is 38.5 Å². The fourth-order valence-corrected chi connectivity index (χ4v) is 9.79. The first-order valence-corrected chi connectivity index (χ1v) is 30.4. The number of hydrogen-bond donors (Lipinski definition) is 3. The van der Waals surface area contributed by atoms with Crippen LogP contribution in [-0.2, 0) is 18.4 Å². The molecule has 3 N–H and O–H groups in total. The van der Waals surface area contributed by atoms with Gasteiger partial charge in [0.2, 0.25) is 5.91 Å². The number of carbonyl (C=O) groups is 1. The van der Waals surface area contributed by atoms with E-state index in [0.29, 0.717) is 23.9 Å². The van der Waals surface area contributed by atoms with Crippen LogP contribution in [0, 0.1) is 0 Å². The predicted octanol–water partition coefficient (Wildman–Crippen LogP) is 17.3. The normalized spacial score (nSPS) is 13.9. The van der Waals surface area contributed by atoms with Gasteiger partial charge in [-0.1, -0.05) is 284 Å². The molecule has 0 aromatic heterocycles. The monoisotopic (exact) mass is 944 g/mol. The van der Waals surface area contributed by atoms with E-state index in [-0.39, 0.29) is 19.1 Å². The summed E-state index contributed by atoms with van der Waals surface area (Å²) in [5.41, 5.74) is 0. The van der Waals surface area contributed by atoms with Crippen molar-refractivity contribution in [2.45, 2.75) is 315 Å². The molecule has 3 atom stereocenters. The highest BCUT2D eigenvalue weighted by Crippen LogP contribution is 2.43. The van der Waals surface area contributed by atoms with E-state index < -0.39 is 20.0 Å². The Morgan fingerprint density at radius 1 is 0.462 bits per heavy atom. The topological polar surface area (TPSA) is 105 Å². The van der Waals surface area contributed by atoms with Gasteiger partial charge in [-0.15, -0.1) is 0 Å². The zero-order valence-corrected chi connectivity index (χ0v) is 45.4. The molecule has 0 saturated heterocycles. The molecule has 0 aromatic rings. The first kappa shape index (κ1) is 64.5. The zero-order valence-electron chi connectivity index (χ0n) is 44.5. The van der Waals surface area contributed by atoms with Crippen molar-refractivity contribution >= 4 is 13.7 Å². The van der Waals surface area contributed by atoms with Crippen LogP contribution in [0.15, 0.2) is 0 Å². The Labute approximate surface area is 406 Å². The van der Waals surface area contributed by atoms with E-state index in [1.807, 2.05) is 21.1 Å². The predicted molar refractivity (Wildman–Crippen MR) is 282 cm³/mol. The molecule has 0 rings (SSSR count). The quantitative estimate of drug-likeness (QED) is 0.0319. The van der Waals surface area contributed by atoms with Crippen molar-refractivity contribution in [3.05, 3.63) is 0 Å². The summed E-state index contributed by atoms with van der Waals surface area (Å²) in [5, 5.41) is 14.1. The largest absolute Gasteiger partial charge is 0.472 e. The smallest absolute Gasteiger partial charge is 0.391 e. The number of aliphatic hydroxyl groups excluding tert-OH is 1. The van der Waals surface area contributed by atoms with E-state index >= 15 is 0 Å². The summed E-state index contributed by atoms with van der Waals surface area (Å²) in [6.07, 6.45) is 57.3. The maximum Gasteiger partial charge on any atom is 0.472 e. The highest BCUT2D eigenvalue weighted by atomic mass is 31.2. The second-order valence-electron chi connectivity index (χ2n) is 21.4. The van der Waals surface area contributed by atoms with E-state index in [2.05, 4.69) is 19.2 Å². The molecule has 0 aliphatic carbocycles. The van der Waals surface area contributed by atoms with E-state index in [1.54, 1.807) is 0 Å². The van der Waals surface area contributed by atoms with Gasteiger partial charge in [-0.05, 0) is 12.8 Å². The number of carbonyl (C=O) groups excluding carboxylic acids is 1. The molecule has 3 unspecified atom stereocenters. The van der Waals surface area contributed by atoms with Gasteiger partial charge in [0, 0.05) is 6.42 Å². The number of phosphoric acid groups is 1. The molecule has 0 saturated carbocycles. The van der Waals surface area contributed by atoms with Crippen molar-refractivity contribution in [3.63, 3.8) is 0 Å². The molecule has 0 fully saturated rings. The summed E-state index contributed by atoms with van der Waals surface area (Å²) in [5.74, 6) is -0.136. The van der Waals surface area contributed by atoms with Gasteiger partial charge in [-0.2, -0.15) is 0 Å². The molecule has 8 nitrogen and oxygen atoms in total. The van der Waals surface area contributed by atoms with Gasteiger partial charge in [0.25, 0.3) is 0 Å². The standard InChI is InChI=1S/C56H115N2O6P/c1-6-8-10-12-14-16-18-20-22-24-26-27-28-29-30-32-34-36-38-40-42-44-46-48-50-56(60)57-54(53-64-65(61,62)63-52-51-58(3,4)5)55(59)49-47-45-43-41-39-37-35-33-31-25-23-21-19-17-15-13-11-9-7-2/h54-55,59H,6-53H2,1-5H3,(H-,57,60,61,62)/p+1. The number of unbranched alkanes of at least 4 members (excludes halogenated alkanes) is 41. The van der Waals surface area contributed by atoms with E-state index in [9.17, 15) is 19.4 Å². The molecule has 0 spiro atoms. The molecule has 0 radical (unpaired) electrons. The van der Waals surface area contributed by atoms with Gasteiger partial charge in [0.05, 0.1) is 39.9 Å². The van der Waals surface area contributed by atoms with E-state index in [4.69, 9.17) is 9.05 Å². The van der Waals surface area contributed by atoms with Gasteiger partial charge in [0.15, 0.2) is 0 Å². The number of likely N-dealkylation sites (N-methyl/N-ethyl adjacent to an activating group) is 1. The van der Waals surface area contributed by atoms with Gasteiger partial charge < -0.3 is 19.8 Å². The molecule has 0 bridgehead atoms. The lowest BCUT2D eigenvalue weighted by molar-refractivity contribution is -0.870. The molecule has 0 aliphatic rings. The maximum atomic E-state index is 13.0. The third-order valence-corrected chi connectivity index (χ3v) is 14.6. The van der Waals surface area contributed by atoms with Gasteiger partial charge in [-0.25, -0.2) is 4.57 Å². The molecule has 65 heavy (non-hydrogen) atoms. The number of rotatable bonds is 54. The zero-order chi connectivity index (χ0) is 47.8. The highest BCUT2D eigenvalue weighted by molar-refractivity contribution is 7.47. The van der Waals surface area contributed by atoms with Crippen molar-refractivity contribution in [1.82, 2.24) is 5.32 Å². The van der Waals surface area contributed by atoms with Crippen LogP contribution in [0.5, 0.6) is 0 Å². The minimum atomic E-state index is -4.32. The van der Waals surface area contributed by atoms with Crippen molar-refractivity contribution in [2.24, 2.45) is 0 Å². The number of amides is 1. The SMILES string of the molecule is CCCCCCCCCCCCCCCCCCCCCCCCCCC(=O)NC(COP(=O)(O)OCC[N+](C)(C)C)C(O)CCCCCCCCCCCCCCCCCCCCC. The average Bonchev–Trinajstić information content (AvgIpc) is 3.26. The van der Waals surface area contributed by atoms with Crippen LogP contribution in [0.25, 0.3) is 0 Å². The summed E-state index contributed by atoms with van der Waals surface area (Å²) in [6.45, 7) is 4.95. The summed E-state index contributed by atoms with van der Waals surface area (Å²) in [6, 6.07) is -0.755. The van der Waals surface area contributed by atoms with Crippen molar-refractivity contribution in [3.8, 4) is 0 Å².